The number of aromatic amines is 1. The van der Waals surface area contributed by atoms with Crippen LogP contribution in [0.3, 0.4) is 0 Å². The van der Waals surface area contributed by atoms with Crippen molar-refractivity contribution in [1.29, 1.82) is 0 Å². The zero-order valence-corrected chi connectivity index (χ0v) is 14.4. The molecule has 2 amide bonds. The fourth-order valence-electron chi connectivity index (χ4n) is 4.53. The van der Waals surface area contributed by atoms with E-state index in [1.54, 1.807) is 0 Å². The Hall–Kier alpha value is -1.85. The van der Waals surface area contributed by atoms with Crippen molar-refractivity contribution in [2.45, 2.75) is 64.5 Å². The lowest BCUT2D eigenvalue weighted by Crippen LogP contribution is -2.50. The molecule has 6 nitrogen and oxygen atoms in total. The molecule has 0 bridgehead atoms. The van der Waals surface area contributed by atoms with E-state index in [0.29, 0.717) is 32.0 Å². The van der Waals surface area contributed by atoms with Gasteiger partial charge in [0.2, 0.25) is 11.8 Å². The van der Waals surface area contributed by atoms with Crippen LogP contribution in [0, 0.1) is 12.8 Å². The van der Waals surface area contributed by atoms with Gasteiger partial charge in [-0.2, -0.15) is 0 Å². The number of aromatic nitrogens is 2. The maximum atomic E-state index is 13.0. The molecule has 1 aliphatic carbocycles. The molecule has 2 fully saturated rings. The molecule has 0 unspecified atom stereocenters. The standard InChI is InChI=1S/C18H26N4O2/c1-12-19-15-8-9-21(11-16(15)20-12)18(24)13-6-7-17(23)22(10-13)14-4-2-3-5-14/h13-14H,2-11H2,1H3,(H,19,20)/t13-/m0/s1. The molecule has 1 saturated carbocycles. The molecule has 6 heteroatoms. The number of likely N-dealkylation sites (tertiary alicyclic amines) is 1. The largest absolute Gasteiger partial charge is 0.344 e. The number of imidazole rings is 1. The molecule has 0 radical (unpaired) electrons. The van der Waals surface area contributed by atoms with E-state index in [1.807, 2.05) is 16.7 Å². The molecule has 3 heterocycles. The lowest BCUT2D eigenvalue weighted by atomic mass is 9.93. The number of rotatable bonds is 2. The number of piperidine rings is 1. The highest BCUT2D eigenvalue weighted by molar-refractivity contribution is 5.84. The van der Waals surface area contributed by atoms with Crippen LogP contribution in [0.25, 0.3) is 0 Å². The van der Waals surface area contributed by atoms with Crippen LogP contribution in [-0.2, 0) is 22.6 Å². The van der Waals surface area contributed by atoms with Crippen molar-refractivity contribution in [3.05, 3.63) is 17.2 Å². The topological polar surface area (TPSA) is 69.3 Å². The number of hydrogen-bond donors (Lipinski definition) is 1. The first kappa shape index (κ1) is 15.7. The Morgan fingerprint density at radius 2 is 2.00 bits per heavy atom. The Balaban J connectivity index is 1.43. The predicted octanol–water partition coefficient (Wildman–Crippen LogP) is 1.78. The van der Waals surface area contributed by atoms with Gasteiger partial charge in [0, 0.05) is 32.0 Å². The second-order valence-corrected chi connectivity index (χ2v) is 7.48. The maximum Gasteiger partial charge on any atom is 0.227 e. The van der Waals surface area contributed by atoms with Gasteiger partial charge in [0.15, 0.2) is 0 Å². The van der Waals surface area contributed by atoms with Crippen molar-refractivity contribution in [2.75, 3.05) is 13.1 Å². The number of carbonyl (C=O) groups excluding carboxylic acids is 2. The van der Waals surface area contributed by atoms with Crippen molar-refractivity contribution in [2.24, 2.45) is 5.92 Å². The van der Waals surface area contributed by atoms with Crippen LogP contribution in [0.15, 0.2) is 0 Å². The minimum absolute atomic E-state index is 0.0335. The van der Waals surface area contributed by atoms with Gasteiger partial charge in [-0.3, -0.25) is 9.59 Å². The normalized spacial score (nSPS) is 25.2. The minimum Gasteiger partial charge on any atom is -0.344 e. The Morgan fingerprint density at radius 1 is 1.21 bits per heavy atom. The zero-order chi connectivity index (χ0) is 16.7. The smallest absolute Gasteiger partial charge is 0.227 e. The highest BCUT2D eigenvalue weighted by Gasteiger charge is 2.37. The van der Waals surface area contributed by atoms with E-state index in [4.69, 9.17) is 0 Å². The van der Waals surface area contributed by atoms with Crippen LogP contribution in [0.2, 0.25) is 0 Å². The van der Waals surface area contributed by atoms with E-state index in [1.165, 1.54) is 12.8 Å². The van der Waals surface area contributed by atoms with E-state index in [-0.39, 0.29) is 17.7 Å². The van der Waals surface area contributed by atoms with Crippen molar-refractivity contribution in [1.82, 2.24) is 19.8 Å². The van der Waals surface area contributed by atoms with Gasteiger partial charge in [-0.1, -0.05) is 12.8 Å². The number of amides is 2. The summed E-state index contributed by atoms with van der Waals surface area (Å²) < 4.78 is 0. The summed E-state index contributed by atoms with van der Waals surface area (Å²) in [4.78, 5) is 37.0. The first-order chi connectivity index (χ1) is 11.6. The third-order valence-corrected chi connectivity index (χ3v) is 5.82. The van der Waals surface area contributed by atoms with Gasteiger partial charge < -0.3 is 14.8 Å². The highest BCUT2D eigenvalue weighted by atomic mass is 16.2. The Bertz CT molecular complexity index is 647. The molecule has 2 aliphatic heterocycles. The molecular weight excluding hydrogens is 304 g/mol. The van der Waals surface area contributed by atoms with Crippen LogP contribution in [0.5, 0.6) is 0 Å². The van der Waals surface area contributed by atoms with Crippen LogP contribution in [0.4, 0.5) is 0 Å². The summed E-state index contributed by atoms with van der Waals surface area (Å²) in [5.41, 5.74) is 2.18. The summed E-state index contributed by atoms with van der Waals surface area (Å²) in [6.07, 6.45) is 6.67. The summed E-state index contributed by atoms with van der Waals surface area (Å²) in [6, 6.07) is 0.372. The van der Waals surface area contributed by atoms with Crippen molar-refractivity contribution in [3.8, 4) is 0 Å². The molecule has 0 aromatic carbocycles. The zero-order valence-electron chi connectivity index (χ0n) is 14.4. The lowest BCUT2D eigenvalue weighted by molar-refractivity contribution is -0.145. The Morgan fingerprint density at radius 3 is 2.79 bits per heavy atom. The quantitative estimate of drug-likeness (QED) is 0.899. The van der Waals surface area contributed by atoms with Crippen molar-refractivity contribution >= 4 is 11.8 Å². The van der Waals surface area contributed by atoms with E-state index in [0.717, 1.165) is 43.0 Å². The molecule has 1 aromatic heterocycles. The maximum absolute atomic E-state index is 13.0. The van der Waals surface area contributed by atoms with Crippen LogP contribution >= 0.6 is 0 Å². The summed E-state index contributed by atoms with van der Waals surface area (Å²) >= 11 is 0. The molecule has 24 heavy (non-hydrogen) atoms. The van der Waals surface area contributed by atoms with Gasteiger partial charge in [-0.25, -0.2) is 4.98 Å². The molecule has 3 aliphatic rings. The number of nitrogens with zero attached hydrogens (tertiary/aromatic N) is 3. The second-order valence-electron chi connectivity index (χ2n) is 7.48. The van der Waals surface area contributed by atoms with Crippen LogP contribution in [0.1, 0.15) is 55.7 Å². The number of aryl methyl sites for hydroxylation is 1. The SMILES string of the molecule is Cc1nc2c([nH]1)CN(C(=O)[C@H]1CCC(=O)N(C3CCCC3)C1)CC2. The lowest BCUT2D eigenvalue weighted by Gasteiger charge is -2.38. The second kappa shape index (κ2) is 6.22. The van der Waals surface area contributed by atoms with E-state index in [9.17, 15) is 9.59 Å². The number of carbonyl (C=O) groups is 2. The molecule has 1 N–H and O–H groups in total. The monoisotopic (exact) mass is 330 g/mol. The van der Waals surface area contributed by atoms with Crippen molar-refractivity contribution < 1.29 is 9.59 Å². The number of fused-ring (bicyclic) bond motifs is 1. The fourth-order valence-corrected chi connectivity index (χ4v) is 4.53. The van der Waals surface area contributed by atoms with Gasteiger partial charge in [-0.05, 0) is 26.2 Å². The summed E-state index contributed by atoms with van der Waals surface area (Å²) in [5, 5.41) is 0. The van der Waals surface area contributed by atoms with Gasteiger partial charge >= 0.3 is 0 Å². The molecule has 130 valence electrons. The average molecular weight is 330 g/mol. The number of H-pyrrole nitrogens is 1. The average Bonchev–Trinajstić information content (AvgIpc) is 3.22. The summed E-state index contributed by atoms with van der Waals surface area (Å²) in [5.74, 6) is 1.35. The number of nitrogens with one attached hydrogen (secondary N) is 1. The molecule has 1 saturated heterocycles. The highest BCUT2D eigenvalue weighted by Crippen LogP contribution is 2.30. The fraction of sp³-hybridized carbons (Fsp3) is 0.722. The molecule has 1 atom stereocenters. The van der Waals surface area contributed by atoms with Crippen LogP contribution < -0.4 is 0 Å². The Kier molecular flexibility index (Phi) is 4.06. The van der Waals surface area contributed by atoms with E-state index < -0.39 is 0 Å². The van der Waals surface area contributed by atoms with Crippen LogP contribution in [-0.4, -0.2) is 50.7 Å². The molecule has 4 rings (SSSR count). The third kappa shape index (κ3) is 2.82. The Labute approximate surface area is 142 Å². The number of hydrogen-bond acceptors (Lipinski definition) is 3. The van der Waals surface area contributed by atoms with E-state index in [2.05, 4.69) is 9.97 Å². The summed E-state index contributed by atoms with van der Waals surface area (Å²) in [7, 11) is 0. The predicted molar refractivity (Wildman–Crippen MR) is 89.1 cm³/mol. The third-order valence-electron chi connectivity index (χ3n) is 5.82. The summed E-state index contributed by atoms with van der Waals surface area (Å²) in [6.45, 7) is 3.94. The van der Waals surface area contributed by atoms with Crippen molar-refractivity contribution in [3.63, 3.8) is 0 Å². The van der Waals surface area contributed by atoms with Gasteiger partial charge in [0.25, 0.3) is 0 Å². The van der Waals surface area contributed by atoms with Gasteiger partial charge in [-0.15, -0.1) is 0 Å². The van der Waals surface area contributed by atoms with E-state index >= 15 is 0 Å². The first-order valence-corrected chi connectivity index (χ1v) is 9.24. The molecular formula is C18H26N4O2. The van der Waals surface area contributed by atoms with Gasteiger partial charge in [0.05, 0.1) is 23.9 Å². The molecule has 0 spiro atoms. The van der Waals surface area contributed by atoms with Gasteiger partial charge in [0.1, 0.15) is 5.82 Å². The molecule has 1 aromatic rings. The first-order valence-electron chi connectivity index (χ1n) is 9.24. The minimum atomic E-state index is -0.0335.